The molecule has 0 aromatic heterocycles. The standard InChI is InChI=1S/C9H11N5O2.ClH/c10-8(11)14-9(12)13-6-3-1-5(2-4-6)7(15)16;/h1-4H,(H,15,16)(H6,10,11,12,13,14);1H/p-1. The molecule has 1 rings (SSSR count). The predicted octanol–water partition coefficient (Wildman–Crippen LogP) is -3.39. The zero-order valence-corrected chi connectivity index (χ0v) is 9.43. The molecule has 0 aliphatic heterocycles. The van der Waals surface area contributed by atoms with E-state index in [1.54, 1.807) is 0 Å². The van der Waals surface area contributed by atoms with E-state index in [4.69, 9.17) is 22.3 Å². The molecule has 0 unspecified atom stereocenters. The number of carboxylic acid groups (broad SMARTS) is 1. The maximum atomic E-state index is 10.6. The maximum Gasteiger partial charge on any atom is 0.335 e. The van der Waals surface area contributed by atoms with Gasteiger partial charge in [0.15, 0.2) is 5.96 Å². The van der Waals surface area contributed by atoms with Gasteiger partial charge >= 0.3 is 5.97 Å². The quantitative estimate of drug-likeness (QED) is 0.323. The topological polar surface area (TPSA) is 140 Å². The molecule has 0 radical (unpaired) electrons. The number of guanidine groups is 2. The van der Waals surface area contributed by atoms with Crippen LogP contribution in [0.5, 0.6) is 0 Å². The van der Waals surface area contributed by atoms with Crippen molar-refractivity contribution in [3.05, 3.63) is 29.8 Å². The second kappa shape index (κ2) is 6.33. The van der Waals surface area contributed by atoms with E-state index in [2.05, 4.69) is 9.98 Å². The van der Waals surface area contributed by atoms with Crippen molar-refractivity contribution in [3.63, 3.8) is 0 Å². The second-order valence-electron chi connectivity index (χ2n) is 2.86. The minimum atomic E-state index is -1.01. The Morgan fingerprint density at radius 2 is 1.65 bits per heavy atom. The van der Waals surface area contributed by atoms with Gasteiger partial charge < -0.3 is 34.7 Å². The van der Waals surface area contributed by atoms with Crippen LogP contribution in [0.2, 0.25) is 0 Å². The lowest BCUT2D eigenvalue weighted by Gasteiger charge is -1.97. The van der Waals surface area contributed by atoms with Gasteiger partial charge in [-0.3, -0.25) is 0 Å². The first-order valence-corrected chi connectivity index (χ1v) is 4.26. The Morgan fingerprint density at radius 1 is 1.12 bits per heavy atom. The van der Waals surface area contributed by atoms with E-state index in [-0.39, 0.29) is 29.9 Å². The van der Waals surface area contributed by atoms with Crippen LogP contribution in [0, 0.1) is 0 Å². The molecule has 0 spiro atoms. The third-order valence-corrected chi connectivity index (χ3v) is 1.60. The highest BCUT2D eigenvalue weighted by Crippen LogP contribution is 2.12. The van der Waals surface area contributed by atoms with Gasteiger partial charge in [-0.1, -0.05) is 0 Å². The van der Waals surface area contributed by atoms with E-state index in [1.807, 2.05) is 0 Å². The molecule has 17 heavy (non-hydrogen) atoms. The van der Waals surface area contributed by atoms with Gasteiger partial charge in [0.05, 0.1) is 11.3 Å². The third kappa shape index (κ3) is 4.85. The average molecular weight is 257 g/mol. The number of nitrogens with zero attached hydrogens (tertiary/aromatic N) is 2. The molecule has 1 aromatic rings. The highest BCUT2D eigenvalue weighted by molar-refractivity contribution is 5.93. The van der Waals surface area contributed by atoms with Crippen molar-refractivity contribution in [1.29, 1.82) is 0 Å². The second-order valence-corrected chi connectivity index (χ2v) is 2.86. The Bertz CT molecular complexity index is 451. The van der Waals surface area contributed by atoms with Crippen molar-refractivity contribution in [3.8, 4) is 0 Å². The van der Waals surface area contributed by atoms with Gasteiger partial charge in [0.25, 0.3) is 0 Å². The smallest absolute Gasteiger partial charge is 0.335 e. The Balaban J connectivity index is 0.00000256. The summed E-state index contributed by atoms with van der Waals surface area (Å²) in [5, 5.41) is 8.66. The van der Waals surface area contributed by atoms with Gasteiger partial charge in [-0.05, 0) is 24.3 Å². The number of hydrogen-bond donors (Lipinski definition) is 4. The molecule has 0 atom stereocenters. The lowest BCUT2D eigenvalue weighted by molar-refractivity contribution is -0.0000194. The van der Waals surface area contributed by atoms with Crippen molar-refractivity contribution >= 4 is 23.6 Å². The molecule has 0 fully saturated rings. The number of aromatic carboxylic acids is 1. The summed E-state index contributed by atoms with van der Waals surface area (Å²) in [5.74, 6) is -1.29. The van der Waals surface area contributed by atoms with Gasteiger partial charge in [0.2, 0.25) is 5.96 Å². The van der Waals surface area contributed by atoms with Gasteiger partial charge in [-0.15, -0.1) is 0 Å². The Morgan fingerprint density at radius 3 is 2.06 bits per heavy atom. The summed E-state index contributed by atoms with van der Waals surface area (Å²) in [6.45, 7) is 0. The number of nitrogens with two attached hydrogens (primary N) is 3. The summed E-state index contributed by atoms with van der Waals surface area (Å²) in [7, 11) is 0. The Labute approximate surface area is 103 Å². The van der Waals surface area contributed by atoms with Crippen LogP contribution < -0.4 is 29.6 Å². The molecule has 1 aromatic carbocycles. The van der Waals surface area contributed by atoms with Crippen molar-refractivity contribution in [2.24, 2.45) is 27.2 Å². The van der Waals surface area contributed by atoms with Gasteiger partial charge in [0.1, 0.15) is 0 Å². The van der Waals surface area contributed by atoms with E-state index in [9.17, 15) is 4.79 Å². The lowest BCUT2D eigenvalue weighted by Crippen LogP contribution is -3.00. The van der Waals surface area contributed by atoms with Crippen LogP contribution in [-0.2, 0) is 0 Å². The monoisotopic (exact) mass is 256 g/mol. The summed E-state index contributed by atoms with van der Waals surface area (Å²) in [6, 6.07) is 5.81. The molecule has 0 heterocycles. The van der Waals surface area contributed by atoms with Gasteiger partial charge in [0, 0.05) is 0 Å². The number of carboxylic acids is 1. The first kappa shape index (κ1) is 14.7. The summed E-state index contributed by atoms with van der Waals surface area (Å²) >= 11 is 0. The summed E-state index contributed by atoms with van der Waals surface area (Å²) in [5.41, 5.74) is 16.2. The first-order valence-electron chi connectivity index (χ1n) is 4.26. The van der Waals surface area contributed by atoms with Crippen LogP contribution in [0.1, 0.15) is 10.4 Å². The molecule has 0 aliphatic rings. The Hall–Kier alpha value is -2.28. The SMILES string of the molecule is NC(N)=NC(N)=Nc1ccc(C(=O)O)cc1.[Cl-]. The van der Waals surface area contributed by atoms with Crippen molar-refractivity contribution in [2.45, 2.75) is 0 Å². The highest BCUT2D eigenvalue weighted by atomic mass is 35.5. The van der Waals surface area contributed by atoms with Crippen LogP contribution in [-0.4, -0.2) is 23.0 Å². The lowest BCUT2D eigenvalue weighted by atomic mass is 10.2. The minimum absolute atomic E-state index is 0. The van der Waals surface area contributed by atoms with Gasteiger partial charge in [-0.25, -0.2) is 9.79 Å². The number of aliphatic imine (C=N–C) groups is 2. The number of benzene rings is 1. The fourth-order valence-corrected chi connectivity index (χ4v) is 0.968. The van der Waals surface area contributed by atoms with Crippen LogP contribution in [0.15, 0.2) is 34.3 Å². The number of halogens is 1. The molecular weight excluding hydrogens is 246 g/mol. The van der Waals surface area contributed by atoms with E-state index >= 15 is 0 Å². The largest absolute Gasteiger partial charge is 1.00 e. The molecule has 0 saturated carbocycles. The molecule has 92 valence electrons. The van der Waals surface area contributed by atoms with Crippen molar-refractivity contribution in [2.75, 3.05) is 0 Å². The maximum absolute atomic E-state index is 10.6. The van der Waals surface area contributed by atoms with E-state index < -0.39 is 5.97 Å². The summed E-state index contributed by atoms with van der Waals surface area (Å²) in [4.78, 5) is 17.9. The molecule has 0 amide bonds. The molecule has 0 saturated heterocycles. The summed E-state index contributed by atoms with van der Waals surface area (Å²) in [6.07, 6.45) is 0. The number of carbonyl (C=O) groups is 1. The zero-order valence-electron chi connectivity index (χ0n) is 8.67. The fraction of sp³-hybridized carbons (Fsp3) is 0. The van der Waals surface area contributed by atoms with E-state index in [0.29, 0.717) is 5.69 Å². The van der Waals surface area contributed by atoms with E-state index in [0.717, 1.165) is 0 Å². The summed E-state index contributed by atoms with van der Waals surface area (Å²) < 4.78 is 0. The molecule has 7 nitrogen and oxygen atoms in total. The van der Waals surface area contributed by atoms with Crippen molar-refractivity contribution < 1.29 is 22.3 Å². The van der Waals surface area contributed by atoms with Crippen LogP contribution in [0.25, 0.3) is 0 Å². The van der Waals surface area contributed by atoms with Crippen LogP contribution in [0.4, 0.5) is 5.69 Å². The average Bonchev–Trinajstić information content (AvgIpc) is 2.16. The molecule has 0 aliphatic carbocycles. The molecular formula is C9H11ClN5O2-. The normalized spacial score (nSPS) is 10.2. The van der Waals surface area contributed by atoms with Gasteiger partial charge in [-0.2, -0.15) is 4.99 Å². The highest BCUT2D eigenvalue weighted by Gasteiger charge is 2.01. The molecule has 7 N–H and O–H groups in total. The Kier molecular flexibility index (Phi) is 5.48. The number of hydrogen-bond acceptors (Lipinski definition) is 2. The van der Waals surface area contributed by atoms with Crippen molar-refractivity contribution in [1.82, 2.24) is 0 Å². The number of rotatable bonds is 2. The van der Waals surface area contributed by atoms with Crippen LogP contribution in [0.3, 0.4) is 0 Å². The predicted molar refractivity (Wildman–Crippen MR) is 60.5 cm³/mol. The third-order valence-electron chi connectivity index (χ3n) is 1.60. The fourth-order valence-electron chi connectivity index (χ4n) is 0.968. The van der Waals surface area contributed by atoms with Crippen LogP contribution >= 0.6 is 0 Å². The molecule has 8 heteroatoms. The minimum Gasteiger partial charge on any atom is -1.00 e. The first-order chi connectivity index (χ1) is 7.49. The molecule has 0 bridgehead atoms. The van der Waals surface area contributed by atoms with E-state index in [1.165, 1.54) is 24.3 Å². The zero-order chi connectivity index (χ0) is 12.1.